The first-order valence-corrected chi connectivity index (χ1v) is 12.0. The zero-order valence-electron chi connectivity index (χ0n) is 18.3. The fourth-order valence-corrected chi connectivity index (χ4v) is 5.06. The van der Waals surface area contributed by atoms with Gasteiger partial charge >= 0.3 is 5.97 Å². The molecule has 3 aromatic rings. The Morgan fingerprint density at radius 2 is 1.85 bits per heavy atom. The summed E-state index contributed by atoms with van der Waals surface area (Å²) >= 11 is 0. The van der Waals surface area contributed by atoms with Gasteiger partial charge in [-0.1, -0.05) is 18.2 Å². The van der Waals surface area contributed by atoms with E-state index in [1.165, 1.54) is 0 Å². The van der Waals surface area contributed by atoms with E-state index in [-0.39, 0.29) is 23.5 Å². The van der Waals surface area contributed by atoms with E-state index in [1.54, 1.807) is 24.3 Å². The van der Waals surface area contributed by atoms with Gasteiger partial charge in [0.05, 0.1) is 29.2 Å². The summed E-state index contributed by atoms with van der Waals surface area (Å²) in [6.07, 6.45) is -0.146. The van der Waals surface area contributed by atoms with Crippen molar-refractivity contribution >= 4 is 49.6 Å². The molecule has 10 heteroatoms. The van der Waals surface area contributed by atoms with E-state index in [2.05, 4.69) is 10.6 Å². The molecule has 0 bridgehead atoms. The molecule has 0 radical (unpaired) electrons. The number of rotatable bonds is 8. The molecule has 33 heavy (non-hydrogen) atoms. The Labute approximate surface area is 191 Å². The second kappa shape index (κ2) is 8.80. The molecule has 174 valence electrons. The predicted octanol–water partition coefficient (Wildman–Crippen LogP) is 4.67. The van der Waals surface area contributed by atoms with E-state index in [1.807, 2.05) is 36.9 Å². The topological polar surface area (TPSA) is 128 Å². The molecule has 0 aromatic heterocycles. The lowest BCUT2D eigenvalue weighted by molar-refractivity contribution is -0.136. The van der Waals surface area contributed by atoms with Crippen LogP contribution in [0.3, 0.4) is 0 Å². The van der Waals surface area contributed by atoms with Gasteiger partial charge in [0.1, 0.15) is 4.90 Å². The Hall–Kier alpha value is -3.50. The molecule has 0 fully saturated rings. The average molecular weight is 472 g/mol. The molecule has 3 aromatic carbocycles. The first kappa shape index (κ1) is 22.7. The monoisotopic (exact) mass is 471 g/mol. The molecule has 0 unspecified atom stereocenters. The van der Waals surface area contributed by atoms with Crippen LogP contribution in [0.25, 0.3) is 10.8 Å². The van der Waals surface area contributed by atoms with Crippen LogP contribution in [0.5, 0.6) is 11.5 Å². The molecule has 1 aliphatic rings. The molecule has 0 saturated carbocycles. The molecule has 4 rings (SSSR count). The maximum absolute atomic E-state index is 12.8. The van der Waals surface area contributed by atoms with Crippen molar-refractivity contribution in [2.45, 2.75) is 25.2 Å². The van der Waals surface area contributed by atoms with Crippen LogP contribution in [0.4, 0.5) is 22.7 Å². The lowest BCUT2D eigenvalue weighted by atomic mass is 10.0. The number of aliphatic carboxylic acids is 1. The lowest BCUT2D eigenvalue weighted by Gasteiger charge is -2.29. The van der Waals surface area contributed by atoms with E-state index in [9.17, 15) is 17.8 Å². The SMILES string of the molecule is CCN(CC)c1c(NCCC(=O)O)cc2ccc3c(c2c1S(=O)(=O)O)Nc1ccccc1O3. The molecule has 1 aliphatic heterocycles. The van der Waals surface area contributed by atoms with Crippen molar-refractivity contribution in [3.05, 3.63) is 42.5 Å². The zero-order chi connectivity index (χ0) is 23.8. The Balaban J connectivity index is 2.02. The smallest absolute Gasteiger partial charge is 0.305 e. The lowest BCUT2D eigenvalue weighted by Crippen LogP contribution is -2.26. The Kier molecular flexibility index (Phi) is 6.05. The van der Waals surface area contributed by atoms with Crippen molar-refractivity contribution < 1.29 is 27.6 Å². The summed E-state index contributed by atoms with van der Waals surface area (Å²) in [6, 6.07) is 12.5. The molecular formula is C23H25N3O6S. The van der Waals surface area contributed by atoms with Crippen molar-refractivity contribution in [2.24, 2.45) is 0 Å². The number of hydrogen-bond acceptors (Lipinski definition) is 7. The highest BCUT2D eigenvalue weighted by Crippen LogP contribution is 2.50. The summed E-state index contributed by atoms with van der Waals surface area (Å²) < 4.78 is 42.0. The fourth-order valence-electron chi connectivity index (χ4n) is 4.09. The number of anilines is 4. The molecule has 9 nitrogen and oxygen atoms in total. The second-order valence-corrected chi connectivity index (χ2v) is 8.94. The third-order valence-corrected chi connectivity index (χ3v) is 6.47. The number of para-hydroxylation sites is 2. The standard InChI is InChI=1S/C23H25N3O6S/c1-3-26(4-2)22-16(24-12-11-19(27)28)13-14-9-10-18-21(20(14)23(22)33(29,30)31)25-15-7-5-6-8-17(15)32-18/h5-10,13,24-25H,3-4,11-12H2,1-2H3,(H,27,28)(H,29,30,31). The van der Waals surface area contributed by atoms with Crippen LogP contribution in [0.1, 0.15) is 20.3 Å². The van der Waals surface area contributed by atoms with Crippen molar-refractivity contribution in [3.63, 3.8) is 0 Å². The number of hydrogen-bond donors (Lipinski definition) is 4. The van der Waals surface area contributed by atoms with Gasteiger partial charge in [-0.15, -0.1) is 0 Å². The molecular weight excluding hydrogens is 446 g/mol. The first-order valence-electron chi connectivity index (χ1n) is 10.6. The Morgan fingerprint density at radius 3 is 2.52 bits per heavy atom. The number of nitrogens with one attached hydrogen (secondary N) is 2. The Morgan fingerprint density at radius 1 is 1.12 bits per heavy atom. The van der Waals surface area contributed by atoms with Crippen LogP contribution in [0.15, 0.2) is 47.4 Å². The normalized spacial score (nSPS) is 12.3. The molecule has 0 saturated heterocycles. The van der Waals surface area contributed by atoms with Crippen LogP contribution in [-0.2, 0) is 14.9 Å². The van der Waals surface area contributed by atoms with Gasteiger partial charge < -0.3 is 25.4 Å². The number of ether oxygens (including phenoxy) is 1. The van der Waals surface area contributed by atoms with Crippen molar-refractivity contribution in [3.8, 4) is 11.5 Å². The third kappa shape index (κ3) is 4.27. The van der Waals surface area contributed by atoms with Gasteiger partial charge in [0, 0.05) is 25.0 Å². The predicted molar refractivity (Wildman–Crippen MR) is 128 cm³/mol. The van der Waals surface area contributed by atoms with Gasteiger partial charge in [-0.05, 0) is 43.5 Å². The van der Waals surface area contributed by atoms with E-state index < -0.39 is 16.1 Å². The minimum absolute atomic E-state index is 0.0969. The summed E-state index contributed by atoms with van der Waals surface area (Å²) in [6.45, 7) is 4.79. The largest absolute Gasteiger partial charge is 0.481 e. The van der Waals surface area contributed by atoms with E-state index in [0.29, 0.717) is 52.4 Å². The average Bonchev–Trinajstić information content (AvgIpc) is 2.77. The molecule has 0 amide bonds. The fraction of sp³-hybridized carbons (Fsp3) is 0.261. The van der Waals surface area contributed by atoms with E-state index >= 15 is 0 Å². The molecule has 4 N–H and O–H groups in total. The van der Waals surface area contributed by atoms with Crippen LogP contribution in [0, 0.1) is 0 Å². The zero-order valence-corrected chi connectivity index (χ0v) is 19.1. The Bertz CT molecular complexity index is 1340. The maximum Gasteiger partial charge on any atom is 0.305 e. The van der Waals surface area contributed by atoms with E-state index in [0.717, 1.165) is 0 Å². The third-order valence-electron chi connectivity index (χ3n) is 5.56. The minimum Gasteiger partial charge on any atom is -0.481 e. The summed E-state index contributed by atoms with van der Waals surface area (Å²) in [5, 5.41) is 16.2. The van der Waals surface area contributed by atoms with Gasteiger partial charge in [-0.2, -0.15) is 8.42 Å². The highest BCUT2D eigenvalue weighted by molar-refractivity contribution is 7.86. The summed E-state index contributed by atoms with van der Waals surface area (Å²) in [4.78, 5) is 12.6. The van der Waals surface area contributed by atoms with Crippen molar-refractivity contribution in [2.75, 3.05) is 35.2 Å². The highest BCUT2D eigenvalue weighted by Gasteiger charge is 2.30. The van der Waals surface area contributed by atoms with Crippen molar-refractivity contribution in [1.82, 2.24) is 0 Å². The van der Waals surface area contributed by atoms with Crippen LogP contribution in [-0.4, -0.2) is 43.7 Å². The maximum atomic E-state index is 12.8. The molecule has 0 spiro atoms. The van der Waals surface area contributed by atoms with Crippen LogP contribution < -0.4 is 20.3 Å². The number of carbonyl (C=O) groups is 1. The number of nitrogens with zero attached hydrogens (tertiary/aromatic N) is 1. The molecule has 0 atom stereocenters. The molecule has 1 heterocycles. The summed E-state index contributed by atoms with van der Waals surface area (Å²) in [5.41, 5.74) is 1.82. The van der Waals surface area contributed by atoms with Gasteiger partial charge in [-0.3, -0.25) is 9.35 Å². The van der Waals surface area contributed by atoms with Gasteiger partial charge in [0.15, 0.2) is 11.5 Å². The minimum atomic E-state index is -4.69. The first-order chi connectivity index (χ1) is 15.7. The summed E-state index contributed by atoms with van der Waals surface area (Å²) in [7, 11) is -4.69. The number of carboxylic acid groups (broad SMARTS) is 1. The van der Waals surface area contributed by atoms with Crippen LogP contribution in [0.2, 0.25) is 0 Å². The van der Waals surface area contributed by atoms with Gasteiger partial charge in [0.2, 0.25) is 0 Å². The highest BCUT2D eigenvalue weighted by atomic mass is 32.2. The van der Waals surface area contributed by atoms with Gasteiger partial charge in [-0.25, -0.2) is 0 Å². The number of fused-ring (bicyclic) bond motifs is 4. The summed E-state index contributed by atoms with van der Waals surface area (Å²) in [5.74, 6) is 0.0635. The van der Waals surface area contributed by atoms with Crippen LogP contribution >= 0.6 is 0 Å². The number of carboxylic acids is 1. The van der Waals surface area contributed by atoms with E-state index in [4.69, 9.17) is 9.84 Å². The van der Waals surface area contributed by atoms with Crippen molar-refractivity contribution in [1.29, 1.82) is 0 Å². The number of benzene rings is 3. The quantitative estimate of drug-likeness (QED) is 0.271. The molecule has 0 aliphatic carbocycles. The second-order valence-electron chi connectivity index (χ2n) is 7.58. The van der Waals surface area contributed by atoms with Gasteiger partial charge in [0.25, 0.3) is 10.1 Å².